The van der Waals surface area contributed by atoms with E-state index in [1.165, 1.54) is 5.56 Å². The van der Waals surface area contributed by atoms with E-state index < -0.39 is 0 Å². The molecule has 4 rings (SSSR count). The molecular weight excluding hydrogens is 392 g/mol. The monoisotopic (exact) mass is 418 g/mol. The summed E-state index contributed by atoms with van der Waals surface area (Å²) in [6.45, 7) is 6.56. The quantitative estimate of drug-likeness (QED) is 0.681. The zero-order valence-electron chi connectivity index (χ0n) is 18.0. The minimum atomic E-state index is -0.0211. The van der Waals surface area contributed by atoms with Gasteiger partial charge in [0.1, 0.15) is 5.82 Å². The Morgan fingerprint density at radius 2 is 1.74 bits per heavy atom. The summed E-state index contributed by atoms with van der Waals surface area (Å²) in [6.07, 6.45) is 1.59. The second kappa shape index (κ2) is 8.99. The Hall–Kier alpha value is -3.68. The Morgan fingerprint density at radius 3 is 2.45 bits per heavy atom. The van der Waals surface area contributed by atoms with Crippen molar-refractivity contribution < 1.29 is 9.53 Å². The molecule has 0 bridgehead atoms. The number of nitrogens with zero attached hydrogens (tertiary/aromatic N) is 5. The van der Waals surface area contributed by atoms with E-state index in [1.807, 2.05) is 30.0 Å². The average molecular weight is 419 g/mol. The first-order chi connectivity index (χ1) is 15.0. The number of anilines is 3. The van der Waals surface area contributed by atoms with E-state index in [2.05, 4.69) is 39.2 Å². The number of piperazine rings is 1. The van der Waals surface area contributed by atoms with Gasteiger partial charge in [0, 0.05) is 61.5 Å². The number of pyridine rings is 1. The molecule has 31 heavy (non-hydrogen) atoms. The third kappa shape index (κ3) is 4.91. The topological polar surface area (TPSA) is 83.5 Å². The first-order valence-electron chi connectivity index (χ1n) is 10.3. The van der Waals surface area contributed by atoms with E-state index in [1.54, 1.807) is 25.4 Å². The lowest BCUT2D eigenvalue weighted by Crippen LogP contribution is -2.49. The molecule has 3 heterocycles. The highest BCUT2D eigenvalue weighted by molar-refractivity contribution is 5.94. The Kier molecular flexibility index (Phi) is 5.97. The number of benzene rings is 1. The molecule has 8 heteroatoms. The van der Waals surface area contributed by atoms with Gasteiger partial charge in [0.15, 0.2) is 0 Å². The number of rotatable bonds is 5. The van der Waals surface area contributed by atoms with E-state index in [4.69, 9.17) is 9.72 Å². The van der Waals surface area contributed by atoms with Crippen molar-refractivity contribution >= 4 is 23.4 Å². The average Bonchev–Trinajstić information content (AvgIpc) is 2.80. The van der Waals surface area contributed by atoms with Gasteiger partial charge in [0.25, 0.3) is 5.91 Å². The Morgan fingerprint density at radius 1 is 1.00 bits per heavy atom. The van der Waals surface area contributed by atoms with Crippen LogP contribution in [0.15, 0.2) is 48.7 Å². The number of nitrogens with one attached hydrogen (secondary N) is 1. The van der Waals surface area contributed by atoms with E-state index in [9.17, 15) is 4.79 Å². The highest BCUT2D eigenvalue weighted by atomic mass is 16.5. The minimum absolute atomic E-state index is 0.0211. The van der Waals surface area contributed by atoms with Gasteiger partial charge >= 0.3 is 0 Å². The van der Waals surface area contributed by atoms with Crippen molar-refractivity contribution in [2.24, 2.45) is 0 Å². The lowest BCUT2D eigenvalue weighted by molar-refractivity contribution is 0.0745. The molecule has 0 spiro atoms. The molecule has 0 atom stereocenters. The molecule has 0 aliphatic carbocycles. The molecule has 3 aromatic rings. The van der Waals surface area contributed by atoms with Gasteiger partial charge in [-0.3, -0.25) is 4.79 Å². The maximum absolute atomic E-state index is 12.8. The fourth-order valence-electron chi connectivity index (χ4n) is 3.49. The summed E-state index contributed by atoms with van der Waals surface area (Å²) < 4.78 is 5.13. The molecule has 1 saturated heterocycles. The third-order valence-electron chi connectivity index (χ3n) is 5.21. The number of methoxy groups -OCH3 is 1. The number of carbonyl (C=O) groups is 1. The van der Waals surface area contributed by atoms with Crippen LogP contribution in [0.2, 0.25) is 0 Å². The lowest BCUT2D eigenvalue weighted by Gasteiger charge is -2.35. The zero-order chi connectivity index (χ0) is 21.8. The molecule has 1 amide bonds. The van der Waals surface area contributed by atoms with E-state index in [0.29, 0.717) is 43.6 Å². The smallest absolute Gasteiger partial charge is 0.254 e. The molecule has 8 nitrogen and oxygen atoms in total. The van der Waals surface area contributed by atoms with Crippen LogP contribution in [-0.4, -0.2) is 59.0 Å². The molecule has 1 aliphatic heterocycles. The molecular formula is C23H26N6O2. The van der Waals surface area contributed by atoms with Gasteiger partial charge in [-0.05, 0) is 32.0 Å². The molecule has 2 aromatic heterocycles. The predicted octanol–water partition coefficient (Wildman–Crippen LogP) is 3.20. The zero-order valence-corrected chi connectivity index (χ0v) is 18.0. The molecule has 1 fully saturated rings. The van der Waals surface area contributed by atoms with Crippen molar-refractivity contribution in [1.29, 1.82) is 0 Å². The first kappa shape index (κ1) is 20.6. The molecule has 1 N–H and O–H groups in total. The van der Waals surface area contributed by atoms with Gasteiger partial charge in [0.2, 0.25) is 11.8 Å². The van der Waals surface area contributed by atoms with E-state index in [0.717, 1.165) is 17.2 Å². The molecule has 1 aromatic carbocycles. The SMILES string of the molecule is COc1cc(C(=O)N2CCN(c3nc(C)cc(Nc4ccc(C)cc4)n3)CC2)ccn1. The second-order valence-electron chi connectivity index (χ2n) is 7.55. The Labute approximate surface area is 181 Å². The van der Waals surface area contributed by atoms with Crippen LogP contribution in [0.3, 0.4) is 0 Å². The Bertz CT molecular complexity index is 1060. The summed E-state index contributed by atoms with van der Waals surface area (Å²) in [7, 11) is 1.54. The summed E-state index contributed by atoms with van der Waals surface area (Å²) >= 11 is 0. The largest absolute Gasteiger partial charge is 0.481 e. The summed E-state index contributed by atoms with van der Waals surface area (Å²) in [5.74, 6) is 1.85. The van der Waals surface area contributed by atoms with Crippen LogP contribution in [0.4, 0.5) is 17.5 Å². The minimum Gasteiger partial charge on any atom is -0.481 e. The van der Waals surface area contributed by atoms with Crippen LogP contribution in [-0.2, 0) is 0 Å². The number of ether oxygens (including phenoxy) is 1. The van der Waals surface area contributed by atoms with Crippen molar-refractivity contribution in [3.05, 3.63) is 65.5 Å². The van der Waals surface area contributed by atoms with Crippen LogP contribution >= 0.6 is 0 Å². The first-order valence-corrected chi connectivity index (χ1v) is 10.3. The maximum Gasteiger partial charge on any atom is 0.254 e. The van der Waals surface area contributed by atoms with Crippen molar-refractivity contribution in [2.45, 2.75) is 13.8 Å². The molecule has 0 unspecified atom stereocenters. The normalized spacial score (nSPS) is 13.8. The highest BCUT2D eigenvalue weighted by Crippen LogP contribution is 2.20. The van der Waals surface area contributed by atoms with Gasteiger partial charge in [0.05, 0.1) is 7.11 Å². The van der Waals surface area contributed by atoms with Gasteiger partial charge in [-0.25, -0.2) is 9.97 Å². The summed E-state index contributed by atoms with van der Waals surface area (Å²) in [4.78, 5) is 30.2. The number of carbonyl (C=O) groups excluding carboxylic acids is 1. The van der Waals surface area contributed by atoms with Crippen LogP contribution < -0.4 is 15.0 Å². The second-order valence-corrected chi connectivity index (χ2v) is 7.55. The number of hydrogen-bond donors (Lipinski definition) is 1. The lowest BCUT2D eigenvalue weighted by atomic mass is 10.2. The third-order valence-corrected chi connectivity index (χ3v) is 5.21. The van der Waals surface area contributed by atoms with Gasteiger partial charge in [-0.2, -0.15) is 4.98 Å². The van der Waals surface area contributed by atoms with Crippen LogP contribution in [0.5, 0.6) is 5.88 Å². The number of hydrogen-bond acceptors (Lipinski definition) is 7. The number of amides is 1. The van der Waals surface area contributed by atoms with Crippen LogP contribution in [0.25, 0.3) is 0 Å². The van der Waals surface area contributed by atoms with Crippen LogP contribution in [0.1, 0.15) is 21.6 Å². The maximum atomic E-state index is 12.8. The fourth-order valence-corrected chi connectivity index (χ4v) is 3.49. The number of aryl methyl sites for hydroxylation is 2. The fraction of sp³-hybridized carbons (Fsp3) is 0.304. The van der Waals surface area contributed by atoms with E-state index >= 15 is 0 Å². The molecule has 0 saturated carbocycles. The van der Waals surface area contributed by atoms with Crippen molar-refractivity contribution in [3.8, 4) is 5.88 Å². The van der Waals surface area contributed by atoms with Gasteiger partial charge in [-0.15, -0.1) is 0 Å². The van der Waals surface area contributed by atoms with Crippen molar-refractivity contribution in [2.75, 3.05) is 43.5 Å². The molecule has 0 radical (unpaired) electrons. The summed E-state index contributed by atoms with van der Waals surface area (Å²) in [5, 5.41) is 3.35. The van der Waals surface area contributed by atoms with Gasteiger partial charge in [-0.1, -0.05) is 17.7 Å². The molecule has 160 valence electrons. The Balaban J connectivity index is 1.43. The summed E-state index contributed by atoms with van der Waals surface area (Å²) in [6, 6.07) is 13.5. The highest BCUT2D eigenvalue weighted by Gasteiger charge is 2.24. The van der Waals surface area contributed by atoms with Crippen molar-refractivity contribution in [1.82, 2.24) is 19.9 Å². The number of aromatic nitrogens is 3. The summed E-state index contributed by atoms with van der Waals surface area (Å²) in [5.41, 5.74) is 3.67. The van der Waals surface area contributed by atoms with Crippen LogP contribution in [0, 0.1) is 13.8 Å². The standard InChI is InChI=1S/C23H26N6O2/c1-16-4-6-19(7-5-16)26-20-14-17(2)25-23(27-20)29-12-10-28(11-13-29)22(30)18-8-9-24-21(15-18)31-3/h4-9,14-15H,10-13H2,1-3H3,(H,25,26,27). The molecule has 1 aliphatic rings. The predicted molar refractivity (Wildman–Crippen MR) is 120 cm³/mol. The van der Waals surface area contributed by atoms with E-state index in [-0.39, 0.29) is 5.91 Å². The van der Waals surface area contributed by atoms with Gasteiger partial charge < -0.3 is 19.9 Å². The van der Waals surface area contributed by atoms with Crippen molar-refractivity contribution in [3.63, 3.8) is 0 Å².